The summed E-state index contributed by atoms with van der Waals surface area (Å²) in [7, 11) is 0. The van der Waals surface area contributed by atoms with Crippen molar-refractivity contribution >= 4 is 34.5 Å². The van der Waals surface area contributed by atoms with Gasteiger partial charge in [0.2, 0.25) is 0 Å². The zero-order valence-corrected chi connectivity index (χ0v) is 22.7. The first-order valence-corrected chi connectivity index (χ1v) is 12.8. The van der Waals surface area contributed by atoms with Crippen LogP contribution in [0, 0.1) is 5.92 Å². The molecule has 4 N–H and O–H groups in total. The van der Waals surface area contributed by atoms with Gasteiger partial charge in [-0.3, -0.25) is 0 Å². The predicted molar refractivity (Wildman–Crippen MR) is 145 cm³/mol. The molecule has 0 radical (unpaired) electrons. The van der Waals surface area contributed by atoms with Crippen molar-refractivity contribution in [2.75, 3.05) is 0 Å². The summed E-state index contributed by atoms with van der Waals surface area (Å²) in [6.07, 6.45) is 4.26. The summed E-state index contributed by atoms with van der Waals surface area (Å²) in [5, 5.41) is 36.7. The highest BCUT2D eigenvalue weighted by Gasteiger charge is 2.31. The molecular weight excluding hydrogens is 547 g/mol. The molecule has 2 aromatic carbocycles. The fraction of sp³-hybridized carbons (Fsp3) is 0.481. The van der Waals surface area contributed by atoms with Crippen molar-refractivity contribution in [3.63, 3.8) is 0 Å². The van der Waals surface area contributed by atoms with Crippen LogP contribution < -0.4 is 0 Å². The second-order valence-corrected chi connectivity index (χ2v) is 10.3. The van der Waals surface area contributed by atoms with E-state index in [1.54, 1.807) is 67.6 Å². The Kier molecular flexibility index (Phi) is 16.5. The summed E-state index contributed by atoms with van der Waals surface area (Å²) in [6, 6.07) is 16.6. The highest BCUT2D eigenvalue weighted by molar-refractivity contribution is 14.1. The predicted octanol–water partition coefficient (Wildman–Crippen LogP) is 6.30. The van der Waals surface area contributed by atoms with Crippen molar-refractivity contribution in [3.05, 3.63) is 71.8 Å². The Morgan fingerprint density at radius 1 is 0.882 bits per heavy atom. The maximum Gasteiger partial charge on any atom is 0.335 e. The smallest absolute Gasteiger partial charge is 0.335 e. The van der Waals surface area contributed by atoms with E-state index in [1.165, 1.54) is 6.42 Å². The van der Waals surface area contributed by atoms with Gasteiger partial charge in [-0.1, -0.05) is 79.8 Å². The van der Waals surface area contributed by atoms with Gasteiger partial charge in [0.1, 0.15) is 0 Å². The lowest BCUT2D eigenvalue weighted by Crippen LogP contribution is -2.38. The number of aromatic carboxylic acids is 2. The highest BCUT2D eigenvalue weighted by Crippen LogP contribution is 2.30. The Morgan fingerprint density at radius 2 is 1.29 bits per heavy atom. The van der Waals surface area contributed by atoms with E-state index in [1.807, 2.05) is 13.8 Å². The number of carbonyl (C=O) groups is 2. The molecule has 6 nitrogen and oxygen atoms in total. The van der Waals surface area contributed by atoms with E-state index in [9.17, 15) is 19.8 Å². The maximum atomic E-state index is 10.5. The van der Waals surface area contributed by atoms with Crippen LogP contribution in [0.1, 0.15) is 80.5 Å². The minimum atomic E-state index is -0.879. The number of carboxylic acid groups (broad SMARTS) is 2. The van der Waals surface area contributed by atoms with E-state index in [0.717, 1.165) is 19.3 Å². The standard InChI is InChI=1S/C13H27IO2.2C7H6O2/c1-5-12(14)7-6-8-13(16,10(2)3)9-11(4)15;2*8-7(9)6-4-2-1-3-5-6/h10-12,15-16H,5-9H2,1-4H3;2*1-5H,(H,8,9). The van der Waals surface area contributed by atoms with Crippen LogP contribution in [0.25, 0.3) is 0 Å². The molecule has 0 fully saturated rings. The molecule has 7 heteroatoms. The topological polar surface area (TPSA) is 115 Å². The van der Waals surface area contributed by atoms with Gasteiger partial charge in [0, 0.05) is 10.3 Å². The van der Waals surface area contributed by atoms with Crippen molar-refractivity contribution in [2.45, 2.75) is 75.4 Å². The lowest BCUT2D eigenvalue weighted by Gasteiger charge is -2.33. The third-order valence-electron chi connectivity index (χ3n) is 5.34. The summed E-state index contributed by atoms with van der Waals surface area (Å²) >= 11 is 2.47. The number of halogens is 1. The lowest BCUT2D eigenvalue weighted by molar-refractivity contribution is -0.0501. The first-order chi connectivity index (χ1) is 15.9. The molecule has 0 spiro atoms. The number of hydrogen-bond acceptors (Lipinski definition) is 4. The third kappa shape index (κ3) is 14.3. The quantitative estimate of drug-likeness (QED) is 0.192. The van der Waals surface area contributed by atoms with E-state index in [-0.39, 0.29) is 5.92 Å². The maximum absolute atomic E-state index is 10.5. The average Bonchev–Trinajstić information content (AvgIpc) is 2.80. The summed E-state index contributed by atoms with van der Waals surface area (Å²) in [5.74, 6) is -1.55. The molecule has 190 valence electrons. The average molecular weight is 587 g/mol. The van der Waals surface area contributed by atoms with Gasteiger partial charge in [0.25, 0.3) is 0 Å². The Labute approximate surface area is 217 Å². The number of rotatable bonds is 10. The lowest BCUT2D eigenvalue weighted by atomic mass is 9.81. The molecular formula is C27H39IO6. The van der Waals surface area contributed by atoms with Gasteiger partial charge in [-0.15, -0.1) is 0 Å². The van der Waals surface area contributed by atoms with Crippen molar-refractivity contribution in [1.82, 2.24) is 0 Å². The van der Waals surface area contributed by atoms with Crippen LogP contribution in [-0.2, 0) is 0 Å². The van der Waals surface area contributed by atoms with Gasteiger partial charge < -0.3 is 20.4 Å². The van der Waals surface area contributed by atoms with Crippen LogP contribution in [0.4, 0.5) is 0 Å². The van der Waals surface area contributed by atoms with Gasteiger partial charge >= 0.3 is 11.9 Å². The zero-order chi connectivity index (χ0) is 26.1. The van der Waals surface area contributed by atoms with Crippen LogP contribution in [0.15, 0.2) is 60.7 Å². The molecule has 3 unspecified atom stereocenters. The Hall–Kier alpha value is -1.97. The zero-order valence-electron chi connectivity index (χ0n) is 20.5. The van der Waals surface area contributed by atoms with Gasteiger partial charge in [-0.05, 0) is 62.8 Å². The molecule has 2 rings (SSSR count). The van der Waals surface area contributed by atoms with Gasteiger partial charge in [0.05, 0.1) is 22.8 Å². The molecule has 0 amide bonds. The first kappa shape index (κ1) is 32.0. The SMILES string of the molecule is CCC(I)CCCC(O)(CC(C)O)C(C)C.O=C(O)c1ccccc1.O=C(O)c1ccccc1. The molecule has 0 aliphatic rings. The van der Waals surface area contributed by atoms with Crippen molar-refractivity contribution in [1.29, 1.82) is 0 Å². The summed E-state index contributed by atoms with van der Waals surface area (Å²) in [4.78, 5) is 20.4. The van der Waals surface area contributed by atoms with E-state index in [2.05, 4.69) is 29.5 Å². The largest absolute Gasteiger partial charge is 0.478 e. The van der Waals surface area contributed by atoms with Crippen LogP contribution in [0.3, 0.4) is 0 Å². The number of aliphatic hydroxyl groups excluding tert-OH is 1. The highest BCUT2D eigenvalue weighted by atomic mass is 127. The fourth-order valence-electron chi connectivity index (χ4n) is 3.13. The Bertz CT molecular complexity index is 761. The van der Waals surface area contributed by atoms with Crippen LogP contribution in [0.2, 0.25) is 0 Å². The minimum Gasteiger partial charge on any atom is -0.478 e. The molecule has 0 aliphatic heterocycles. The van der Waals surface area contributed by atoms with E-state index >= 15 is 0 Å². The number of alkyl halides is 1. The second kappa shape index (κ2) is 17.5. The monoisotopic (exact) mass is 586 g/mol. The molecule has 0 bridgehead atoms. The van der Waals surface area contributed by atoms with Crippen molar-refractivity contribution in [3.8, 4) is 0 Å². The number of aliphatic hydroxyl groups is 2. The molecule has 3 atom stereocenters. The van der Waals surface area contributed by atoms with E-state index in [0.29, 0.717) is 21.5 Å². The molecule has 0 heterocycles. The van der Waals surface area contributed by atoms with Crippen molar-refractivity contribution in [2.24, 2.45) is 5.92 Å². The minimum absolute atomic E-state index is 0.205. The molecule has 0 aliphatic carbocycles. The summed E-state index contributed by atoms with van der Waals surface area (Å²) in [5.41, 5.74) is -0.0341. The van der Waals surface area contributed by atoms with Crippen molar-refractivity contribution < 1.29 is 30.0 Å². The summed E-state index contributed by atoms with van der Waals surface area (Å²) < 4.78 is 0.709. The van der Waals surface area contributed by atoms with Gasteiger partial charge in [0.15, 0.2) is 0 Å². The Balaban J connectivity index is 0.000000513. The molecule has 0 aromatic heterocycles. The van der Waals surface area contributed by atoms with Crippen LogP contribution in [0.5, 0.6) is 0 Å². The van der Waals surface area contributed by atoms with E-state index < -0.39 is 23.6 Å². The van der Waals surface area contributed by atoms with Crippen LogP contribution in [-0.4, -0.2) is 48.0 Å². The molecule has 2 aromatic rings. The first-order valence-electron chi connectivity index (χ1n) is 11.5. The number of hydrogen-bond donors (Lipinski definition) is 4. The normalized spacial score (nSPS) is 13.9. The second-order valence-electron chi connectivity index (χ2n) is 8.55. The number of carboxylic acids is 2. The van der Waals surface area contributed by atoms with Crippen LogP contribution >= 0.6 is 22.6 Å². The van der Waals surface area contributed by atoms with Gasteiger partial charge in [-0.2, -0.15) is 0 Å². The third-order valence-corrected chi connectivity index (χ3v) is 6.84. The molecule has 34 heavy (non-hydrogen) atoms. The Morgan fingerprint density at radius 3 is 1.56 bits per heavy atom. The van der Waals surface area contributed by atoms with E-state index in [4.69, 9.17) is 10.2 Å². The number of benzene rings is 2. The summed E-state index contributed by atoms with van der Waals surface area (Å²) in [6.45, 7) is 8.01. The fourth-order valence-corrected chi connectivity index (χ4v) is 3.57. The molecule has 0 saturated heterocycles. The van der Waals surface area contributed by atoms with Gasteiger partial charge in [-0.25, -0.2) is 9.59 Å². The molecule has 0 saturated carbocycles.